The van der Waals surface area contributed by atoms with Gasteiger partial charge in [-0.3, -0.25) is 9.59 Å². The molecule has 0 amide bonds. The summed E-state index contributed by atoms with van der Waals surface area (Å²) in [6.07, 6.45) is 0. The van der Waals surface area contributed by atoms with Crippen LogP contribution in [-0.2, 0) is 0 Å². The second kappa shape index (κ2) is 5.56. The number of carbonyl (C=O) groups excluding carboxylic acids is 2. The molecule has 0 aromatic heterocycles. The Hall–Kier alpha value is -3.02. The highest BCUT2D eigenvalue weighted by Gasteiger charge is 2.36. The third-order valence-electron chi connectivity index (χ3n) is 4.54. The lowest BCUT2D eigenvalue weighted by Gasteiger charge is -2.30. The number of carbonyl (C=O) groups is 2. The molecule has 0 radical (unpaired) electrons. The molecular weight excluding hydrogens is 304 g/mol. The molecule has 0 saturated carbocycles. The minimum absolute atomic E-state index is 0.0752. The van der Waals surface area contributed by atoms with Crippen LogP contribution >= 0.6 is 0 Å². The first kappa shape index (κ1) is 15.9. The minimum atomic E-state index is -0.294. The maximum absolute atomic E-state index is 13.1. The Morgan fingerprint density at radius 3 is 1.79 bits per heavy atom. The van der Waals surface area contributed by atoms with Gasteiger partial charge < -0.3 is 22.1 Å². The maximum Gasteiger partial charge on any atom is 0.196 e. The third-order valence-corrected chi connectivity index (χ3v) is 4.54. The van der Waals surface area contributed by atoms with Crippen molar-refractivity contribution < 1.29 is 9.59 Å². The van der Waals surface area contributed by atoms with E-state index in [-0.39, 0.29) is 39.8 Å². The highest BCUT2D eigenvalue weighted by Crippen LogP contribution is 2.44. The van der Waals surface area contributed by atoms with Crippen LogP contribution in [0.3, 0.4) is 0 Å². The molecule has 1 aliphatic carbocycles. The Bertz CT molecular complexity index is 870. The lowest BCUT2D eigenvalue weighted by Crippen LogP contribution is -2.31. The summed E-state index contributed by atoms with van der Waals surface area (Å²) in [4.78, 5) is 28.0. The summed E-state index contributed by atoms with van der Waals surface area (Å²) in [5.41, 5.74) is 20.4. The zero-order valence-electron chi connectivity index (χ0n) is 13.7. The molecular formula is C18H20N4O2. The molecule has 0 atom stereocenters. The number of benzene rings is 2. The number of nitrogens with zero attached hydrogens (tertiary/aromatic N) is 1. The van der Waals surface area contributed by atoms with Gasteiger partial charge in [0.1, 0.15) is 0 Å². The van der Waals surface area contributed by atoms with Crippen molar-refractivity contribution in [3.63, 3.8) is 0 Å². The van der Waals surface area contributed by atoms with E-state index in [0.717, 1.165) is 0 Å². The van der Waals surface area contributed by atoms with Crippen molar-refractivity contribution in [1.29, 1.82) is 0 Å². The second-order valence-electron chi connectivity index (χ2n) is 5.72. The van der Waals surface area contributed by atoms with Crippen LogP contribution in [0, 0.1) is 0 Å². The number of anilines is 4. The van der Waals surface area contributed by atoms with Gasteiger partial charge in [-0.1, -0.05) is 24.3 Å². The van der Waals surface area contributed by atoms with Gasteiger partial charge >= 0.3 is 0 Å². The van der Waals surface area contributed by atoms with E-state index in [1.165, 1.54) is 0 Å². The zero-order valence-corrected chi connectivity index (χ0v) is 13.7. The topological polar surface area (TPSA) is 115 Å². The number of nitrogen functional groups attached to an aromatic ring is 3. The first-order chi connectivity index (χ1) is 11.4. The molecule has 0 spiro atoms. The van der Waals surface area contributed by atoms with Crippen molar-refractivity contribution >= 4 is 34.3 Å². The van der Waals surface area contributed by atoms with E-state index < -0.39 is 0 Å². The van der Waals surface area contributed by atoms with Crippen LogP contribution in [0.2, 0.25) is 0 Å². The van der Waals surface area contributed by atoms with E-state index in [0.29, 0.717) is 29.9 Å². The summed E-state index contributed by atoms with van der Waals surface area (Å²) >= 11 is 0. The summed E-state index contributed by atoms with van der Waals surface area (Å²) in [5.74, 6) is -0.543. The van der Waals surface area contributed by atoms with Gasteiger partial charge in [0.2, 0.25) is 0 Å². The summed E-state index contributed by atoms with van der Waals surface area (Å²) in [7, 11) is 0. The van der Waals surface area contributed by atoms with Gasteiger partial charge in [0.05, 0.1) is 33.9 Å². The number of fused-ring (bicyclic) bond motifs is 2. The van der Waals surface area contributed by atoms with Gasteiger partial charge in [-0.2, -0.15) is 0 Å². The van der Waals surface area contributed by atoms with Gasteiger partial charge in [0, 0.05) is 24.2 Å². The quantitative estimate of drug-likeness (QED) is 0.635. The number of ketones is 2. The third kappa shape index (κ3) is 1.96. The standard InChI is InChI=1S/C18H20N4O2/c1-3-22(4-2)16-12-11(13(19)14(20)15(16)21)17(23)9-7-5-6-8-10(9)18(12)24/h5-8H,3-4,19-21H2,1-2H3. The highest BCUT2D eigenvalue weighted by molar-refractivity contribution is 6.33. The number of hydrogen-bond donors (Lipinski definition) is 3. The summed E-state index contributed by atoms with van der Waals surface area (Å²) in [5, 5.41) is 0. The van der Waals surface area contributed by atoms with Gasteiger partial charge in [-0.05, 0) is 13.8 Å². The van der Waals surface area contributed by atoms with E-state index in [2.05, 4.69) is 0 Å². The molecule has 3 rings (SSSR count). The van der Waals surface area contributed by atoms with Crippen LogP contribution in [0.4, 0.5) is 22.7 Å². The Morgan fingerprint density at radius 2 is 1.29 bits per heavy atom. The lowest BCUT2D eigenvalue weighted by molar-refractivity contribution is 0.0980. The van der Waals surface area contributed by atoms with E-state index in [9.17, 15) is 9.59 Å². The molecule has 24 heavy (non-hydrogen) atoms. The van der Waals surface area contributed by atoms with Crippen LogP contribution in [0.1, 0.15) is 45.7 Å². The predicted octanol–water partition coefficient (Wildman–Crippen LogP) is 2.05. The Morgan fingerprint density at radius 1 is 0.792 bits per heavy atom. The fraction of sp³-hybridized carbons (Fsp3) is 0.222. The maximum atomic E-state index is 13.1. The molecule has 1 aliphatic rings. The molecule has 2 aromatic rings. The van der Waals surface area contributed by atoms with Gasteiger partial charge in [0.15, 0.2) is 11.6 Å². The smallest absolute Gasteiger partial charge is 0.196 e. The molecule has 6 N–H and O–H groups in total. The van der Waals surface area contributed by atoms with E-state index in [4.69, 9.17) is 17.2 Å². The average Bonchev–Trinajstić information content (AvgIpc) is 2.60. The van der Waals surface area contributed by atoms with Crippen LogP contribution in [0.5, 0.6) is 0 Å². The van der Waals surface area contributed by atoms with Crippen LogP contribution in [0.15, 0.2) is 24.3 Å². The lowest BCUT2D eigenvalue weighted by atomic mass is 9.81. The first-order valence-electron chi connectivity index (χ1n) is 7.87. The summed E-state index contributed by atoms with van der Waals surface area (Å²) < 4.78 is 0. The molecule has 6 nitrogen and oxygen atoms in total. The van der Waals surface area contributed by atoms with Crippen molar-refractivity contribution in [2.75, 3.05) is 35.2 Å². The largest absolute Gasteiger partial charge is 0.396 e. The molecule has 0 saturated heterocycles. The average molecular weight is 324 g/mol. The molecule has 0 bridgehead atoms. The minimum Gasteiger partial charge on any atom is -0.396 e. The van der Waals surface area contributed by atoms with Crippen molar-refractivity contribution in [2.24, 2.45) is 0 Å². The Kier molecular flexibility index (Phi) is 3.67. The highest BCUT2D eigenvalue weighted by atomic mass is 16.1. The normalized spacial score (nSPS) is 12.8. The summed E-state index contributed by atoms with van der Waals surface area (Å²) in [6.45, 7) is 5.15. The van der Waals surface area contributed by atoms with Crippen LogP contribution in [0.25, 0.3) is 0 Å². The van der Waals surface area contributed by atoms with Crippen LogP contribution < -0.4 is 22.1 Å². The summed E-state index contributed by atoms with van der Waals surface area (Å²) in [6, 6.07) is 6.72. The molecule has 0 aliphatic heterocycles. The SMILES string of the molecule is CCN(CC)c1c(N)c(N)c(N)c2c1C(=O)c1ccccc1C2=O. The fourth-order valence-corrected chi connectivity index (χ4v) is 3.27. The molecule has 6 heteroatoms. The van der Waals surface area contributed by atoms with Crippen molar-refractivity contribution in [1.82, 2.24) is 0 Å². The second-order valence-corrected chi connectivity index (χ2v) is 5.72. The van der Waals surface area contributed by atoms with Gasteiger partial charge in [-0.15, -0.1) is 0 Å². The van der Waals surface area contributed by atoms with Gasteiger partial charge in [0.25, 0.3) is 0 Å². The molecule has 124 valence electrons. The Labute approximate surface area is 140 Å². The first-order valence-corrected chi connectivity index (χ1v) is 7.87. The molecule has 2 aromatic carbocycles. The van der Waals surface area contributed by atoms with E-state index >= 15 is 0 Å². The molecule has 0 heterocycles. The number of hydrogen-bond acceptors (Lipinski definition) is 6. The number of rotatable bonds is 3. The van der Waals surface area contributed by atoms with E-state index in [1.807, 2.05) is 18.7 Å². The molecule has 0 fully saturated rings. The molecule has 0 unspecified atom stereocenters. The van der Waals surface area contributed by atoms with Crippen molar-refractivity contribution in [3.8, 4) is 0 Å². The Balaban J connectivity index is 2.43. The van der Waals surface area contributed by atoms with Gasteiger partial charge in [-0.25, -0.2) is 0 Å². The van der Waals surface area contributed by atoms with E-state index in [1.54, 1.807) is 24.3 Å². The predicted molar refractivity (Wildman–Crippen MR) is 96.5 cm³/mol. The fourth-order valence-electron chi connectivity index (χ4n) is 3.27. The van der Waals surface area contributed by atoms with Crippen molar-refractivity contribution in [3.05, 3.63) is 46.5 Å². The van der Waals surface area contributed by atoms with Crippen molar-refractivity contribution in [2.45, 2.75) is 13.8 Å². The van der Waals surface area contributed by atoms with Crippen LogP contribution in [-0.4, -0.2) is 24.7 Å². The monoisotopic (exact) mass is 324 g/mol. The zero-order chi connectivity index (χ0) is 17.6. The number of nitrogens with two attached hydrogens (primary N) is 3.